The van der Waals surface area contributed by atoms with Gasteiger partial charge in [-0.3, -0.25) is 14.9 Å². The van der Waals surface area contributed by atoms with Gasteiger partial charge in [-0.2, -0.15) is 0 Å². The van der Waals surface area contributed by atoms with Gasteiger partial charge < -0.3 is 10.1 Å². The van der Waals surface area contributed by atoms with Gasteiger partial charge in [0.15, 0.2) is 0 Å². The maximum atomic E-state index is 11.7. The highest BCUT2D eigenvalue weighted by Crippen LogP contribution is 2.27. The van der Waals surface area contributed by atoms with E-state index in [1.807, 2.05) is 18.2 Å². The fourth-order valence-corrected chi connectivity index (χ4v) is 3.19. The fourth-order valence-electron chi connectivity index (χ4n) is 2.15. The van der Waals surface area contributed by atoms with Gasteiger partial charge in [0.1, 0.15) is 16.7 Å². The molecule has 0 spiro atoms. The number of non-ortho nitro benzene ring substituents is 1. The molecule has 1 aliphatic rings. The molecule has 0 radical (unpaired) electrons. The Balaban J connectivity index is 1.68. The first-order valence-electron chi connectivity index (χ1n) is 7.22. The molecule has 0 aliphatic carbocycles. The predicted molar refractivity (Wildman–Crippen MR) is 100 cm³/mol. The third-order valence-corrected chi connectivity index (χ3v) is 4.51. The van der Waals surface area contributed by atoms with Crippen LogP contribution in [-0.2, 0) is 11.4 Å². The maximum absolute atomic E-state index is 11.7. The zero-order valence-electron chi connectivity index (χ0n) is 12.8. The summed E-state index contributed by atoms with van der Waals surface area (Å²) >= 11 is 6.18. The van der Waals surface area contributed by atoms with E-state index in [4.69, 9.17) is 17.0 Å². The van der Waals surface area contributed by atoms with E-state index in [9.17, 15) is 14.9 Å². The number of nitro benzene ring substituents is 1. The Bertz CT molecular complexity index is 878. The van der Waals surface area contributed by atoms with Crippen LogP contribution in [-0.4, -0.2) is 15.2 Å². The molecular formula is C17H12N2O4S2. The van der Waals surface area contributed by atoms with Crippen molar-refractivity contribution in [2.24, 2.45) is 0 Å². The summed E-state index contributed by atoms with van der Waals surface area (Å²) in [7, 11) is 0. The second-order valence-corrected chi connectivity index (χ2v) is 6.86. The third kappa shape index (κ3) is 4.43. The lowest BCUT2D eigenvalue weighted by Gasteiger charge is -2.07. The summed E-state index contributed by atoms with van der Waals surface area (Å²) in [6.07, 6.45) is 1.75. The number of rotatable bonds is 5. The van der Waals surface area contributed by atoms with Crippen LogP contribution < -0.4 is 10.1 Å². The topological polar surface area (TPSA) is 81.5 Å². The maximum Gasteiger partial charge on any atom is 0.269 e. The lowest BCUT2D eigenvalue weighted by atomic mass is 10.2. The number of amides is 1. The monoisotopic (exact) mass is 372 g/mol. The van der Waals surface area contributed by atoms with Crippen LogP contribution in [0, 0.1) is 10.1 Å². The van der Waals surface area contributed by atoms with E-state index in [2.05, 4.69) is 5.32 Å². The van der Waals surface area contributed by atoms with Gasteiger partial charge in [-0.15, -0.1) is 0 Å². The van der Waals surface area contributed by atoms with Gasteiger partial charge in [0, 0.05) is 12.1 Å². The van der Waals surface area contributed by atoms with Crippen LogP contribution in [0.4, 0.5) is 5.69 Å². The fraction of sp³-hybridized carbons (Fsp3) is 0.0588. The average Bonchev–Trinajstić information content (AvgIpc) is 2.91. The van der Waals surface area contributed by atoms with Crippen LogP contribution in [0.1, 0.15) is 11.1 Å². The Hall–Kier alpha value is -2.71. The van der Waals surface area contributed by atoms with Gasteiger partial charge in [-0.05, 0) is 41.5 Å². The molecule has 0 saturated carbocycles. The van der Waals surface area contributed by atoms with E-state index in [0.29, 0.717) is 15.0 Å². The predicted octanol–water partition coefficient (Wildman–Crippen LogP) is 3.66. The number of nitrogens with one attached hydrogen (secondary N) is 1. The summed E-state index contributed by atoms with van der Waals surface area (Å²) < 4.78 is 6.16. The number of benzene rings is 2. The summed E-state index contributed by atoms with van der Waals surface area (Å²) in [6.45, 7) is 0.289. The van der Waals surface area contributed by atoms with Crippen LogP contribution in [0.3, 0.4) is 0 Å². The first-order valence-corrected chi connectivity index (χ1v) is 8.45. The van der Waals surface area contributed by atoms with Crippen molar-refractivity contribution in [1.82, 2.24) is 5.32 Å². The van der Waals surface area contributed by atoms with Gasteiger partial charge in [0.05, 0.1) is 9.83 Å². The van der Waals surface area contributed by atoms with Crippen LogP contribution in [0.25, 0.3) is 6.08 Å². The summed E-state index contributed by atoms with van der Waals surface area (Å²) in [5.74, 6) is 0.436. The van der Waals surface area contributed by atoms with Gasteiger partial charge >= 0.3 is 0 Å². The summed E-state index contributed by atoms with van der Waals surface area (Å²) in [5, 5.41) is 13.2. The van der Waals surface area contributed by atoms with Crippen molar-refractivity contribution < 1.29 is 14.5 Å². The molecule has 6 nitrogen and oxygen atoms in total. The lowest BCUT2D eigenvalue weighted by molar-refractivity contribution is -0.384. The normalized spacial score (nSPS) is 15.3. The Morgan fingerprint density at radius 3 is 2.64 bits per heavy atom. The van der Waals surface area contributed by atoms with Gasteiger partial charge in [0.2, 0.25) is 0 Å². The number of thiocarbonyl (C=S) groups is 1. The minimum absolute atomic E-state index is 0.0441. The van der Waals surface area contributed by atoms with Gasteiger partial charge in [-0.25, -0.2) is 0 Å². The number of carbonyl (C=O) groups is 1. The van der Waals surface area contributed by atoms with E-state index < -0.39 is 4.92 Å². The number of hydrogen-bond donors (Lipinski definition) is 1. The quantitative estimate of drug-likeness (QED) is 0.373. The molecule has 3 rings (SSSR count). The van der Waals surface area contributed by atoms with Crippen molar-refractivity contribution in [2.75, 3.05) is 0 Å². The summed E-state index contributed by atoms with van der Waals surface area (Å²) in [5.41, 5.74) is 1.69. The number of ether oxygens (including phenoxy) is 1. The molecule has 2 aromatic carbocycles. The highest BCUT2D eigenvalue weighted by Gasteiger charge is 2.21. The van der Waals surface area contributed by atoms with Crippen molar-refractivity contribution in [3.63, 3.8) is 0 Å². The Morgan fingerprint density at radius 2 is 2.00 bits per heavy atom. The number of hydrogen-bond acceptors (Lipinski definition) is 6. The SMILES string of the molecule is O=C1NC(=S)SC1=Cc1cccc(OCc2ccc([N+](=O)[O-])cc2)c1. The molecule has 1 aliphatic heterocycles. The molecule has 1 fully saturated rings. The molecular weight excluding hydrogens is 360 g/mol. The van der Waals surface area contributed by atoms with Crippen LogP contribution >= 0.6 is 24.0 Å². The minimum Gasteiger partial charge on any atom is -0.489 e. The van der Waals surface area contributed by atoms with Crippen molar-refractivity contribution >= 4 is 46.0 Å². The van der Waals surface area contributed by atoms with E-state index in [1.165, 1.54) is 23.9 Å². The molecule has 0 unspecified atom stereocenters. The van der Waals surface area contributed by atoms with Crippen LogP contribution in [0.15, 0.2) is 53.4 Å². The standard InChI is InChI=1S/C17H12N2O4S2/c20-16-15(25-17(24)18-16)9-12-2-1-3-14(8-12)23-10-11-4-6-13(7-5-11)19(21)22/h1-9H,10H2,(H,18,20,24). The molecule has 1 saturated heterocycles. The molecule has 1 heterocycles. The molecule has 0 bridgehead atoms. The smallest absolute Gasteiger partial charge is 0.269 e. The van der Waals surface area contributed by atoms with Crippen LogP contribution in [0.5, 0.6) is 5.75 Å². The summed E-state index contributed by atoms with van der Waals surface area (Å²) in [4.78, 5) is 22.4. The Morgan fingerprint density at radius 1 is 1.24 bits per heavy atom. The average molecular weight is 372 g/mol. The second kappa shape index (κ2) is 7.45. The second-order valence-electron chi connectivity index (χ2n) is 5.14. The van der Waals surface area contributed by atoms with E-state index in [1.54, 1.807) is 24.3 Å². The molecule has 126 valence electrons. The van der Waals surface area contributed by atoms with Crippen molar-refractivity contribution in [3.05, 3.63) is 74.7 Å². The molecule has 8 heteroatoms. The first-order chi connectivity index (χ1) is 12.0. The highest BCUT2D eigenvalue weighted by molar-refractivity contribution is 8.26. The van der Waals surface area contributed by atoms with Crippen molar-refractivity contribution in [3.8, 4) is 5.75 Å². The molecule has 1 N–H and O–H groups in total. The molecule has 0 aromatic heterocycles. The highest BCUT2D eigenvalue weighted by atomic mass is 32.2. The van der Waals surface area contributed by atoms with E-state index in [0.717, 1.165) is 11.1 Å². The van der Waals surface area contributed by atoms with Crippen molar-refractivity contribution in [2.45, 2.75) is 6.61 Å². The molecule has 2 aromatic rings. The largest absolute Gasteiger partial charge is 0.489 e. The van der Waals surface area contributed by atoms with Gasteiger partial charge in [0.25, 0.3) is 11.6 Å². The lowest BCUT2D eigenvalue weighted by Crippen LogP contribution is -2.17. The number of carbonyl (C=O) groups excluding carboxylic acids is 1. The third-order valence-electron chi connectivity index (χ3n) is 3.35. The van der Waals surface area contributed by atoms with E-state index in [-0.39, 0.29) is 18.2 Å². The van der Waals surface area contributed by atoms with E-state index >= 15 is 0 Å². The Labute approximate surface area is 153 Å². The minimum atomic E-state index is -0.440. The van der Waals surface area contributed by atoms with Crippen LogP contribution in [0.2, 0.25) is 0 Å². The molecule has 0 atom stereocenters. The number of nitrogens with zero attached hydrogens (tertiary/aromatic N) is 1. The molecule has 25 heavy (non-hydrogen) atoms. The number of thioether (sulfide) groups is 1. The molecule has 1 amide bonds. The number of nitro groups is 1. The summed E-state index contributed by atoms with van der Waals surface area (Å²) in [6, 6.07) is 13.5. The first kappa shape index (κ1) is 17.1. The zero-order chi connectivity index (χ0) is 17.8. The van der Waals surface area contributed by atoms with Crippen molar-refractivity contribution in [1.29, 1.82) is 0 Å². The Kier molecular flexibility index (Phi) is 5.11. The van der Waals surface area contributed by atoms with Gasteiger partial charge in [-0.1, -0.05) is 36.1 Å². The zero-order valence-corrected chi connectivity index (χ0v) is 14.4.